The predicted octanol–water partition coefficient (Wildman–Crippen LogP) is 6.52. The third-order valence-corrected chi connectivity index (χ3v) is 6.28. The van der Waals surface area contributed by atoms with Gasteiger partial charge in [0.05, 0.1) is 11.4 Å². The second-order valence-electron chi connectivity index (χ2n) is 5.92. The number of fused-ring (bicyclic) bond motifs is 2. The first-order valence-electron chi connectivity index (χ1n) is 8.03. The third-order valence-electron chi connectivity index (χ3n) is 4.42. The van der Waals surface area contributed by atoms with Crippen molar-refractivity contribution in [2.45, 2.75) is 28.2 Å². The summed E-state index contributed by atoms with van der Waals surface area (Å²) in [5, 5.41) is 0. The molecule has 0 aromatic heterocycles. The molecule has 0 bridgehead atoms. The topological polar surface area (TPSA) is 3.24 Å². The van der Waals surface area contributed by atoms with Gasteiger partial charge in [0.1, 0.15) is 0 Å². The average molecular weight is 350 g/mol. The number of hydrogen-bond donors (Lipinski definition) is 0. The molecule has 4 rings (SSSR count). The lowest BCUT2D eigenvalue weighted by Crippen LogP contribution is -2.20. The van der Waals surface area contributed by atoms with Crippen molar-refractivity contribution in [2.24, 2.45) is 0 Å². The molecule has 0 spiro atoms. The standard InChI is InChI=1S/C21H19NS2/c1-15-7-3-4-8-16(15)14-22-18-9-5-6-10-20(18)24-21-12-11-17(23-2)13-19(21)22/h3-13H,14H2,1-2H3. The van der Waals surface area contributed by atoms with Crippen LogP contribution in [0.25, 0.3) is 0 Å². The number of nitrogens with zero attached hydrogens (tertiary/aromatic N) is 1. The van der Waals surface area contributed by atoms with E-state index in [1.165, 1.54) is 37.2 Å². The van der Waals surface area contributed by atoms with Crippen LogP contribution >= 0.6 is 23.5 Å². The maximum Gasteiger partial charge on any atom is 0.0567 e. The van der Waals surface area contributed by atoms with Crippen LogP contribution in [-0.4, -0.2) is 6.26 Å². The van der Waals surface area contributed by atoms with E-state index in [9.17, 15) is 0 Å². The molecule has 0 aliphatic carbocycles. The summed E-state index contributed by atoms with van der Waals surface area (Å²) in [6, 6.07) is 24.2. The molecule has 0 fully saturated rings. The van der Waals surface area contributed by atoms with Crippen LogP contribution in [-0.2, 0) is 6.54 Å². The molecule has 0 unspecified atom stereocenters. The van der Waals surface area contributed by atoms with E-state index in [1.54, 1.807) is 11.8 Å². The summed E-state index contributed by atoms with van der Waals surface area (Å²) in [5.74, 6) is 0. The summed E-state index contributed by atoms with van der Waals surface area (Å²) in [6.07, 6.45) is 2.14. The molecule has 0 N–H and O–H groups in total. The second-order valence-corrected chi connectivity index (χ2v) is 7.88. The van der Waals surface area contributed by atoms with Crippen LogP contribution in [0.5, 0.6) is 0 Å². The smallest absolute Gasteiger partial charge is 0.0567 e. The Labute approximate surface area is 152 Å². The first-order valence-corrected chi connectivity index (χ1v) is 10.1. The number of rotatable bonds is 3. The summed E-state index contributed by atoms with van der Waals surface area (Å²) in [6.45, 7) is 3.09. The van der Waals surface area contributed by atoms with Gasteiger partial charge in [-0.15, -0.1) is 11.8 Å². The molecule has 1 aliphatic rings. The van der Waals surface area contributed by atoms with E-state index in [4.69, 9.17) is 0 Å². The van der Waals surface area contributed by atoms with E-state index in [1.807, 2.05) is 11.8 Å². The Morgan fingerprint density at radius 1 is 0.875 bits per heavy atom. The summed E-state index contributed by atoms with van der Waals surface area (Å²) < 4.78 is 0. The largest absolute Gasteiger partial charge is 0.335 e. The minimum atomic E-state index is 0.898. The Morgan fingerprint density at radius 3 is 2.46 bits per heavy atom. The highest BCUT2D eigenvalue weighted by Gasteiger charge is 2.23. The number of hydrogen-bond acceptors (Lipinski definition) is 3. The van der Waals surface area contributed by atoms with Gasteiger partial charge in [0.15, 0.2) is 0 Å². The highest BCUT2D eigenvalue weighted by Crippen LogP contribution is 2.49. The van der Waals surface area contributed by atoms with Crippen molar-refractivity contribution in [3.63, 3.8) is 0 Å². The van der Waals surface area contributed by atoms with Gasteiger partial charge in [-0.1, -0.05) is 48.2 Å². The van der Waals surface area contributed by atoms with Crippen molar-refractivity contribution in [1.82, 2.24) is 0 Å². The molecule has 1 nitrogen and oxygen atoms in total. The first kappa shape index (κ1) is 15.7. The van der Waals surface area contributed by atoms with E-state index >= 15 is 0 Å². The lowest BCUT2D eigenvalue weighted by atomic mass is 10.1. The van der Waals surface area contributed by atoms with Gasteiger partial charge in [0, 0.05) is 21.2 Å². The van der Waals surface area contributed by atoms with Gasteiger partial charge in [-0.2, -0.15) is 0 Å². The molecule has 1 aliphatic heterocycles. The molecule has 0 saturated heterocycles. The maximum absolute atomic E-state index is 2.46. The van der Waals surface area contributed by atoms with Crippen LogP contribution < -0.4 is 4.90 Å². The third kappa shape index (κ3) is 2.83. The van der Waals surface area contributed by atoms with Crippen molar-refractivity contribution in [3.05, 3.63) is 77.9 Å². The van der Waals surface area contributed by atoms with E-state index in [-0.39, 0.29) is 0 Å². The SMILES string of the molecule is CSc1ccc2c(c1)N(Cc1ccccc1C)c1ccccc1S2. The molecule has 120 valence electrons. The predicted molar refractivity (Wildman–Crippen MR) is 106 cm³/mol. The van der Waals surface area contributed by atoms with Gasteiger partial charge in [0.2, 0.25) is 0 Å². The fourth-order valence-electron chi connectivity index (χ4n) is 3.06. The summed E-state index contributed by atoms with van der Waals surface area (Å²) in [7, 11) is 0. The fraction of sp³-hybridized carbons (Fsp3) is 0.143. The zero-order valence-electron chi connectivity index (χ0n) is 13.8. The summed E-state index contributed by atoms with van der Waals surface area (Å²) in [4.78, 5) is 6.43. The summed E-state index contributed by atoms with van der Waals surface area (Å²) >= 11 is 3.67. The lowest BCUT2D eigenvalue weighted by molar-refractivity contribution is 0.926. The van der Waals surface area contributed by atoms with Crippen LogP contribution in [0.1, 0.15) is 11.1 Å². The Hall–Kier alpha value is -1.84. The molecule has 0 radical (unpaired) electrons. The van der Waals surface area contributed by atoms with Crippen molar-refractivity contribution >= 4 is 34.9 Å². The van der Waals surface area contributed by atoms with Crippen molar-refractivity contribution in [2.75, 3.05) is 11.2 Å². The minimum absolute atomic E-state index is 0.898. The monoisotopic (exact) mass is 349 g/mol. The normalized spacial score (nSPS) is 12.7. The average Bonchev–Trinajstić information content (AvgIpc) is 2.63. The Balaban J connectivity index is 1.84. The quantitative estimate of drug-likeness (QED) is 0.496. The van der Waals surface area contributed by atoms with Gasteiger partial charge in [-0.25, -0.2) is 0 Å². The zero-order chi connectivity index (χ0) is 16.5. The molecular formula is C21H19NS2. The molecule has 0 amide bonds. The van der Waals surface area contributed by atoms with E-state index in [0.717, 1.165) is 6.54 Å². The van der Waals surface area contributed by atoms with Crippen molar-refractivity contribution in [3.8, 4) is 0 Å². The van der Waals surface area contributed by atoms with Crippen molar-refractivity contribution in [1.29, 1.82) is 0 Å². The van der Waals surface area contributed by atoms with Crippen LogP contribution in [0.15, 0.2) is 81.4 Å². The number of benzene rings is 3. The van der Waals surface area contributed by atoms with Crippen LogP contribution in [0, 0.1) is 6.92 Å². The molecule has 3 heteroatoms. The second kappa shape index (κ2) is 6.58. The van der Waals surface area contributed by atoms with Gasteiger partial charge >= 0.3 is 0 Å². The molecular weight excluding hydrogens is 330 g/mol. The van der Waals surface area contributed by atoms with Gasteiger partial charge in [-0.05, 0) is 54.6 Å². The highest BCUT2D eigenvalue weighted by atomic mass is 32.2. The number of thioether (sulfide) groups is 1. The molecule has 1 heterocycles. The van der Waals surface area contributed by atoms with E-state index < -0.39 is 0 Å². The van der Waals surface area contributed by atoms with Crippen LogP contribution in [0.4, 0.5) is 11.4 Å². The van der Waals surface area contributed by atoms with Gasteiger partial charge in [0.25, 0.3) is 0 Å². The summed E-state index contributed by atoms with van der Waals surface area (Å²) in [5.41, 5.74) is 5.33. The molecule has 3 aromatic carbocycles. The molecule has 3 aromatic rings. The fourth-order valence-corrected chi connectivity index (χ4v) is 4.57. The van der Waals surface area contributed by atoms with Crippen LogP contribution in [0.3, 0.4) is 0 Å². The first-order chi connectivity index (χ1) is 11.8. The zero-order valence-corrected chi connectivity index (χ0v) is 15.5. The molecule has 0 saturated carbocycles. The Morgan fingerprint density at radius 2 is 1.62 bits per heavy atom. The number of para-hydroxylation sites is 1. The van der Waals surface area contributed by atoms with E-state index in [0.29, 0.717) is 0 Å². The van der Waals surface area contributed by atoms with Gasteiger partial charge < -0.3 is 4.90 Å². The number of anilines is 2. The number of aryl methyl sites for hydroxylation is 1. The highest BCUT2D eigenvalue weighted by molar-refractivity contribution is 8.00. The lowest BCUT2D eigenvalue weighted by Gasteiger charge is -2.33. The van der Waals surface area contributed by atoms with Gasteiger partial charge in [-0.3, -0.25) is 0 Å². The Bertz CT molecular complexity index is 889. The van der Waals surface area contributed by atoms with Crippen molar-refractivity contribution < 1.29 is 0 Å². The molecule has 24 heavy (non-hydrogen) atoms. The maximum atomic E-state index is 2.46. The van der Waals surface area contributed by atoms with E-state index in [2.05, 4.69) is 84.8 Å². The minimum Gasteiger partial charge on any atom is -0.335 e. The Kier molecular flexibility index (Phi) is 4.30. The van der Waals surface area contributed by atoms with Crippen LogP contribution in [0.2, 0.25) is 0 Å². The molecule has 0 atom stereocenters.